The highest BCUT2D eigenvalue weighted by molar-refractivity contribution is 5.84. The van der Waals surface area contributed by atoms with Crippen LogP contribution in [0.4, 0.5) is 5.69 Å². The van der Waals surface area contributed by atoms with Gasteiger partial charge in [0.2, 0.25) is 5.76 Å². The van der Waals surface area contributed by atoms with Gasteiger partial charge in [0, 0.05) is 6.07 Å². The molecule has 0 amide bonds. The van der Waals surface area contributed by atoms with Crippen LogP contribution in [-0.2, 0) is 9.53 Å². The zero-order valence-electron chi connectivity index (χ0n) is 9.57. The summed E-state index contributed by atoms with van der Waals surface area (Å²) in [6.07, 6.45) is 4.05. The SMILES string of the molecule is COC(=CC=Cc1ccccc1[N+](=O)[O-])C(=O)O. The summed E-state index contributed by atoms with van der Waals surface area (Å²) in [6.45, 7) is 0. The van der Waals surface area contributed by atoms with Crippen molar-refractivity contribution in [2.75, 3.05) is 7.11 Å². The van der Waals surface area contributed by atoms with Crippen molar-refractivity contribution in [3.05, 3.63) is 57.9 Å². The Morgan fingerprint density at radius 3 is 2.67 bits per heavy atom. The predicted molar refractivity (Wildman–Crippen MR) is 64.9 cm³/mol. The van der Waals surface area contributed by atoms with Gasteiger partial charge in [0.1, 0.15) is 0 Å². The van der Waals surface area contributed by atoms with Gasteiger partial charge in [-0.25, -0.2) is 4.79 Å². The van der Waals surface area contributed by atoms with E-state index < -0.39 is 10.9 Å². The molecule has 0 aliphatic heterocycles. The number of carboxylic acids is 1. The van der Waals surface area contributed by atoms with E-state index in [1.165, 1.54) is 31.4 Å². The number of hydrogen-bond acceptors (Lipinski definition) is 4. The molecule has 6 nitrogen and oxygen atoms in total. The first kappa shape index (κ1) is 13.4. The second-order valence-corrected chi connectivity index (χ2v) is 3.22. The molecule has 0 saturated heterocycles. The molecule has 18 heavy (non-hydrogen) atoms. The van der Waals surface area contributed by atoms with Crippen molar-refractivity contribution in [2.24, 2.45) is 0 Å². The number of para-hydroxylation sites is 1. The zero-order valence-corrected chi connectivity index (χ0v) is 9.57. The first-order chi connectivity index (χ1) is 8.56. The number of nitro benzene ring substituents is 1. The molecule has 0 saturated carbocycles. The van der Waals surface area contributed by atoms with E-state index in [0.717, 1.165) is 0 Å². The molecule has 0 aliphatic carbocycles. The van der Waals surface area contributed by atoms with Gasteiger partial charge in [-0.05, 0) is 18.2 Å². The summed E-state index contributed by atoms with van der Waals surface area (Å²) in [5.74, 6) is -1.45. The summed E-state index contributed by atoms with van der Waals surface area (Å²) < 4.78 is 4.60. The minimum Gasteiger partial charge on any atom is -0.490 e. The molecule has 1 N–H and O–H groups in total. The van der Waals surface area contributed by atoms with Gasteiger partial charge in [0.25, 0.3) is 5.69 Å². The molecule has 0 spiro atoms. The summed E-state index contributed by atoms with van der Waals surface area (Å²) >= 11 is 0. The van der Waals surface area contributed by atoms with Crippen LogP contribution >= 0.6 is 0 Å². The third-order valence-corrected chi connectivity index (χ3v) is 2.09. The molecule has 0 heterocycles. The van der Waals surface area contributed by atoms with Gasteiger partial charge in [-0.15, -0.1) is 0 Å². The first-order valence-electron chi connectivity index (χ1n) is 4.95. The van der Waals surface area contributed by atoms with Gasteiger partial charge in [0.15, 0.2) is 0 Å². The number of ether oxygens (including phenoxy) is 1. The van der Waals surface area contributed by atoms with Crippen molar-refractivity contribution >= 4 is 17.7 Å². The standard InChI is InChI=1S/C12H11NO5/c1-18-11(12(14)15)8-4-6-9-5-2-3-7-10(9)13(16)17/h2-8H,1H3,(H,14,15). The molecule has 0 atom stereocenters. The summed E-state index contributed by atoms with van der Waals surface area (Å²) in [5, 5.41) is 19.4. The fraction of sp³-hybridized carbons (Fsp3) is 0.0833. The summed E-state index contributed by atoms with van der Waals surface area (Å²) in [5.41, 5.74) is 0.344. The summed E-state index contributed by atoms with van der Waals surface area (Å²) in [7, 11) is 1.23. The molecular weight excluding hydrogens is 238 g/mol. The maximum atomic E-state index is 10.7. The zero-order chi connectivity index (χ0) is 13.5. The van der Waals surface area contributed by atoms with Crippen LogP contribution in [0, 0.1) is 10.1 Å². The van der Waals surface area contributed by atoms with Crippen LogP contribution in [0.5, 0.6) is 0 Å². The van der Waals surface area contributed by atoms with Crippen molar-refractivity contribution < 1.29 is 19.6 Å². The Balaban J connectivity index is 2.98. The number of hydrogen-bond donors (Lipinski definition) is 1. The van der Waals surface area contributed by atoms with Crippen LogP contribution in [0.3, 0.4) is 0 Å². The Hall–Kier alpha value is -2.63. The number of benzene rings is 1. The minimum absolute atomic E-state index is 0.0450. The lowest BCUT2D eigenvalue weighted by Gasteiger charge is -1.97. The molecule has 0 unspecified atom stereocenters. The molecule has 1 aromatic carbocycles. The normalized spacial score (nSPS) is 11.5. The lowest BCUT2D eigenvalue weighted by atomic mass is 10.1. The minimum atomic E-state index is -1.20. The fourth-order valence-corrected chi connectivity index (χ4v) is 1.26. The Labute approximate surface area is 103 Å². The van der Waals surface area contributed by atoms with E-state index in [0.29, 0.717) is 5.56 Å². The monoisotopic (exact) mass is 249 g/mol. The number of carbonyl (C=O) groups is 1. The van der Waals surface area contributed by atoms with E-state index in [-0.39, 0.29) is 11.4 Å². The Kier molecular flexibility index (Phi) is 4.62. The molecule has 1 aromatic rings. The second kappa shape index (κ2) is 6.19. The molecule has 6 heteroatoms. The Morgan fingerprint density at radius 1 is 1.44 bits per heavy atom. The lowest BCUT2D eigenvalue weighted by Crippen LogP contribution is -2.01. The van der Waals surface area contributed by atoms with Crippen LogP contribution in [0.1, 0.15) is 5.56 Å². The van der Waals surface area contributed by atoms with Crippen LogP contribution in [0.2, 0.25) is 0 Å². The van der Waals surface area contributed by atoms with Crippen molar-refractivity contribution in [2.45, 2.75) is 0 Å². The maximum Gasteiger partial charge on any atom is 0.371 e. The number of nitrogens with zero attached hydrogens (tertiary/aromatic N) is 1. The number of allylic oxidation sites excluding steroid dienone is 2. The van der Waals surface area contributed by atoms with E-state index in [1.807, 2.05) is 0 Å². The Bertz CT molecular complexity index is 519. The van der Waals surface area contributed by atoms with Crippen molar-refractivity contribution in [1.82, 2.24) is 0 Å². The highest BCUT2D eigenvalue weighted by Gasteiger charge is 2.09. The number of aliphatic carboxylic acids is 1. The molecule has 0 fully saturated rings. The lowest BCUT2D eigenvalue weighted by molar-refractivity contribution is -0.385. The molecule has 0 aromatic heterocycles. The smallest absolute Gasteiger partial charge is 0.371 e. The highest BCUT2D eigenvalue weighted by atomic mass is 16.6. The third-order valence-electron chi connectivity index (χ3n) is 2.09. The second-order valence-electron chi connectivity index (χ2n) is 3.22. The van der Waals surface area contributed by atoms with Gasteiger partial charge in [-0.3, -0.25) is 10.1 Å². The molecular formula is C12H11NO5. The topological polar surface area (TPSA) is 89.7 Å². The van der Waals surface area contributed by atoms with E-state index in [1.54, 1.807) is 18.2 Å². The van der Waals surface area contributed by atoms with Gasteiger partial charge in [-0.2, -0.15) is 0 Å². The highest BCUT2D eigenvalue weighted by Crippen LogP contribution is 2.18. The van der Waals surface area contributed by atoms with Gasteiger partial charge in [-0.1, -0.05) is 18.2 Å². The van der Waals surface area contributed by atoms with E-state index in [2.05, 4.69) is 4.74 Å². The van der Waals surface area contributed by atoms with E-state index >= 15 is 0 Å². The molecule has 0 bridgehead atoms. The quantitative estimate of drug-likeness (QED) is 0.284. The Morgan fingerprint density at radius 2 is 2.11 bits per heavy atom. The van der Waals surface area contributed by atoms with Crippen molar-refractivity contribution in [3.63, 3.8) is 0 Å². The molecule has 0 aliphatic rings. The van der Waals surface area contributed by atoms with Gasteiger partial charge < -0.3 is 9.84 Å². The fourth-order valence-electron chi connectivity index (χ4n) is 1.26. The third kappa shape index (κ3) is 3.44. The van der Waals surface area contributed by atoms with Crippen LogP contribution in [-0.4, -0.2) is 23.1 Å². The van der Waals surface area contributed by atoms with E-state index in [4.69, 9.17) is 5.11 Å². The number of nitro groups is 1. The number of methoxy groups -OCH3 is 1. The van der Waals surface area contributed by atoms with Crippen molar-refractivity contribution in [1.29, 1.82) is 0 Å². The summed E-state index contributed by atoms with van der Waals surface area (Å²) in [6, 6.07) is 6.15. The van der Waals surface area contributed by atoms with Gasteiger partial charge >= 0.3 is 5.97 Å². The predicted octanol–water partition coefficient (Wildman–Crippen LogP) is 2.22. The first-order valence-corrected chi connectivity index (χ1v) is 4.95. The average Bonchev–Trinajstić information content (AvgIpc) is 2.34. The molecule has 1 rings (SSSR count). The number of rotatable bonds is 5. The van der Waals surface area contributed by atoms with E-state index in [9.17, 15) is 14.9 Å². The average molecular weight is 249 g/mol. The maximum absolute atomic E-state index is 10.7. The van der Waals surface area contributed by atoms with Crippen LogP contribution in [0.25, 0.3) is 6.08 Å². The van der Waals surface area contributed by atoms with Crippen LogP contribution in [0.15, 0.2) is 42.2 Å². The van der Waals surface area contributed by atoms with Gasteiger partial charge in [0.05, 0.1) is 17.6 Å². The summed E-state index contributed by atoms with van der Waals surface area (Å²) in [4.78, 5) is 20.8. The number of carboxylic acid groups (broad SMARTS) is 1. The largest absolute Gasteiger partial charge is 0.490 e. The van der Waals surface area contributed by atoms with Crippen LogP contribution < -0.4 is 0 Å². The molecule has 0 radical (unpaired) electrons. The van der Waals surface area contributed by atoms with Crippen molar-refractivity contribution in [3.8, 4) is 0 Å². The molecule has 94 valence electrons.